The summed E-state index contributed by atoms with van der Waals surface area (Å²) in [5, 5.41) is 0. The van der Waals surface area contributed by atoms with Crippen LogP contribution in [-0.4, -0.2) is 37.2 Å². The van der Waals surface area contributed by atoms with E-state index in [1.54, 1.807) is 0 Å². The summed E-state index contributed by atoms with van der Waals surface area (Å²) in [6, 6.07) is 0. The summed E-state index contributed by atoms with van der Waals surface area (Å²) in [5.41, 5.74) is 0. The molecule has 0 spiro atoms. The lowest BCUT2D eigenvalue weighted by atomic mass is 10.0. The molecule has 0 N–H and O–H groups in total. The predicted octanol–water partition coefficient (Wildman–Crippen LogP) is 24.6. The zero-order valence-corrected chi connectivity index (χ0v) is 54.7. The topological polar surface area (TPSA) is 78.9 Å². The first-order chi connectivity index (χ1) is 41.0. The van der Waals surface area contributed by atoms with Gasteiger partial charge in [-0.1, -0.05) is 323 Å². The standard InChI is InChI=1S/C77H132O6/c1-4-7-10-13-16-19-22-25-28-31-34-35-36-37-38-39-40-41-42-43-44-47-49-52-55-58-61-64-67-70-76(79)82-73-74(83-77(80)71-68-65-62-59-56-53-50-46-33-30-27-24-21-18-15-12-9-6-3)72-81-75(78)69-66-63-60-57-54-51-48-45-32-29-26-23-20-17-14-11-8-5-2/h7,10,16,19,21,24-25,28,30,33-35,37-38,40-41,43-44,74H,4-6,8-9,11-15,17-18,20,22-23,26-27,29,31-32,36,39,42,45-73H2,1-3H3/b10-7-,19-16-,24-21-,28-25-,33-30-,35-34-,38-37-,41-40-,44-43-. The molecule has 0 aliphatic heterocycles. The van der Waals surface area contributed by atoms with Gasteiger partial charge in [-0.3, -0.25) is 14.4 Å². The largest absolute Gasteiger partial charge is 0.462 e. The van der Waals surface area contributed by atoms with Crippen LogP contribution < -0.4 is 0 Å². The molecule has 0 aromatic carbocycles. The van der Waals surface area contributed by atoms with Gasteiger partial charge in [0.05, 0.1) is 0 Å². The smallest absolute Gasteiger partial charge is 0.306 e. The molecule has 0 fully saturated rings. The second-order valence-corrected chi connectivity index (χ2v) is 23.4. The number of carbonyl (C=O) groups excluding carboxylic acids is 3. The molecule has 0 bridgehead atoms. The Bertz CT molecular complexity index is 1660. The third kappa shape index (κ3) is 68.7. The van der Waals surface area contributed by atoms with Crippen LogP contribution >= 0.6 is 0 Å². The number of esters is 3. The number of hydrogen-bond acceptors (Lipinski definition) is 6. The van der Waals surface area contributed by atoms with Gasteiger partial charge < -0.3 is 14.2 Å². The first-order valence-corrected chi connectivity index (χ1v) is 35.4. The fraction of sp³-hybridized carbons (Fsp3) is 0.727. The normalized spacial score (nSPS) is 12.8. The highest BCUT2D eigenvalue weighted by molar-refractivity contribution is 5.71. The van der Waals surface area contributed by atoms with Crippen molar-refractivity contribution >= 4 is 17.9 Å². The van der Waals surface area contributed by atoms with Crippen molar-refractivity contribution in [3.8, 4) is 0 Å². The quantitative estimate of drug-likeness (QED) is 0.0261. The van der Waals surface area contributed by atoms with Crippen molar-refractivity contribution in [3.05, 3.63) is 109 Å². The van der Waals surface area contributed by atoms with Gasteiger partial charge in [-0.15, -0.1) is 0 Å². The average molecular weight is 1150 g/mol. The highest BCUT2D eigenvalue weighted by Gasteiger charge is 2.19. The summed E-state index contributed by atoms with van der Waals surface area (Å²) in [6.07, 6.45) is 96.7. The van der Waals surface area contributed by atoms with E-state index in [2.05, 4.69) is 130 Å². The molecule has 0 rings (SSSR count). The molecule has 476 valence electrons. The van der Waals surface area contributed by atoms with Gasteiger partial charge in [-0.05, 0) is 109 Å². The van der Waals surface area contributed by atoms with Gasteiger partial charge in [-0.2, -0.15) is 0 Å². The molecule has 0 aromatic heterocycles. The fourth-order valence-corrected chi connectivity index (χ4v) is 9.99. The van der Waals surface area contributed by atoms with Crippen LogP contribution in [0.25, 0.3) is 0 Å². The van der Waals surface area contributed by atoms with Crippen molar-refractivity contribution < 1.29 is 28.6 Å². The Kier molecular flexibility index (Phi) is 67.2. The molecular formula is C77H132O6. The van der Waals surface area contributed by atoms with E-state index < -0.39 is 6.10 Å². The predicted molar refractivity (Wildman–Crippen MR) is 362 cm³/mol. The summed E-state index contributed by atoms with van der Waals surface area (Å²) >= 11 is 0. The summed E-state index contributed by atoms with van der Waals surface area (Å²) in [7, 11) is 0. The van der Waals surface area contributed by atoms with Crippen LogP contribution in [0.15, 0.2) is 109 Å². The first-order valence-electron chi connectivity index (χ1n) is 35.4. The first kappa shape index (κ1) is 79.1. The van der Waals surface area contributed by atoms with Gasteiger partial charge in [0, 0.05) is 19.3 Å². The number of allylic oxidation sites excluding steroid dienone is 18. The molecule has 1 unspecified atom stereocenters. The Balaban J connectivity index is 4.37. The molecule has 6 heteroatoms. The molecule has 0 heterocycles. The summed E-state index contributed by atoms with van der Waals surface area (Å²) in [4.78, 5) is 38.5. The number of ether oxygens (including phenoxy) is 3. The second-order valence-electron chi connectivity index (χ2n) is 23.4. The minimum atomic E-state index is -0.789. The van der Waals surface area contributed by atoms with E-state index in [9.17, 15) is 14.4 Å². The highest BCUT2D eigenvalue weighted by Crippen LogP contribution is 2.17. The Hall–Kier alpha value is -3.93. The average Bonchev–Trinajstić information content (AvgIpc) is 3.49. The van der Waals surface area contributed by atoms with Crippen molar-refractivity contribution in [2.45, 2.75) is 348 Å². The van der Waals surface area contributed by atoms with Crippen molar-refractivity contribution in [1.82, 2.24) is 0 Å². The Morgan fingerprint density at radius 1 is 0.253 bits per heavy atom. The number of unbranched alkanes of at least 4 members (excludes halogenated alkanes) is 35. The SMILES string of the molecule is CC/C=C\C/C=C\C/C=C\C/C=C\C/C=C\C/C=C\C/C=C\CCCCCCCCCC(=O)OCC(COC(=O)CCCCCCCCCCCCCCCCCCCC)OC(=O)CCCCCCCCC/C=C\C/C=C\CCCCCC. The van der Waals surface area contributed by atoms with E-state index in [1.165, 1.54) is 180 Å². The minimum absolute atomic E-state index is 0.0822. The summed E-state index contributed by atoms with van der Waals surface area (Å²) < 4.78 is 17.0. The van der Waals surface area contributed by atoms with E-state index in [-0.39, 0.29) is 31.1 Å². The van der Waals surface area contributed by atoms with Crippen LogP contribution in [0.4, 0.5) is 0 Å². The maximum Gasteiger partial charge on any atom is 0.306 e. The number of carbonyl (C=O) groups is 3. The molecule has 0 saturated carbocycles. The number of rotatable bonds is 64. The van der Waals surface area contributed by atoms with Crippen LogP contribution in [0, 0.1) is 0 Å². The van der Waals surface area contributed by atoms with Gasteiger partial charge in [0.2, 0.25) is 0 Å². The van der Waals surface area contributed by atoms with E-state index in [0.29, 0.717) is 19.3 Å². The molecule has 6 nitrogen and oxygen atoms in total. The van der Waals surface area contributed by atoms with E-state index in [0.717, 1.165) is 122 Å². The molecule has 0 saturated heterocycles. The van der Waals surface area contributed by atoms with Gasteiger partial charge >= 0.3 is 17.9 Å². The van der Waals surface area contributed by atoms with E-state index in [1.807, 2.05) is 0 Å². The van der Waals surface area contributed by atoms with E-state index >= 15 is 0 Å². The maximum absolute atomic E-state index is 13.0. The van der Waals surface area contributed by atoms with Crippen LogP contribution in [0.3, 0.4) is 0 Å². The zero-order valence-electron chi connectivity index (χ0n) is 54.7. The van der Waals surface area contributed by atoms with Crippen molar-refractivity contribution in [1.29, 1.82) is 0 Å². The third-order valence-electron chi connectivity index (χ3n) is 15.3. The fourth-order valence-electron chi connectivity index (χ4n) is 9.99. The molecule has 0 aliphatic carbocycles. The lowest BCUT2D eigenvalue weighted by molar-refractivity contribution is -0.167. The molecule has 0 aliphatic rings. The molecular weight excluding hydrogens is 1020 g/mol. The lowest BCUT2D eigenvalue weighted by Gasteiger charge is -2.18. The Morgan fingerprint density at radius 2 is 0.470 bits per heavy atom. The van der Waals surface area contributed by atoms with Crippen LogP contribution in [0.5, 0.6) is 0 Å². The Labute approximate surface area is 514 Å². The third-order valence-corrected chi connectivity index (χ3v) is 15.3. The highest BCUT2D eigenvalue weighted by atomic mass is 16.6. The Morgan fingerprint density at radius 3 is 0.747 bits per heavy atom. The van der Waals surface area contributed by atoms with Crippen LogP contribution in [0.1, 0.15) is 342 Å². The molecule has 0 aromatic rings. The molecule has 1 atom stereocenters. The van der Waals surface area contributed by atoms with Crippen molar-refractivity contribution in [2.75, 3.05) is 13.2 Å². The second kappa shape index (κ2) is 70.6. The van der Waals surface area contributed by atoms with Crippen LogP contribution in [0.2, 0.25) is 0 Å². The van der Waals surface area contributed by atoms with Gasteiger partial charge in [0.15, 0.2) is 6.10 Å². The van der Waals surface area contributed by atoms with Gasteiger partial charge in [-0.25, -0.2) is 0 Å². The molecule has 0 radical (unpaired) electrons. The van der Waals surface area contributed by atoms with Gasteiger partial charge in [0.25, 0.3) is 0 Å². The van der Waals surface area contributed by atoms with Crippen molar-refractivity contribution in [2.24, 2.45) is 0 Å². The monoisotopic (exact) mass is 1150 g/mol. The lowest BCUT2D eigenvalue weighted by Crippen LogP contribution is -2.30. The van der Waals surface area contributed by atoms with E-state index in [4.69, 9.17) is 14.2 Å². The maximum atomic E-state index is 13.0. The van der Waals surface area contributed by atoms with Gasteiger partial charge in [0.1, 0.15) is 13.2 Å². The zero-order chi connectivity index (χ0) is 59.9. The number of hydrogen-bond donors (Lipinski definition) is 0. The minimum Gasteiger partial charge on any atom is -0.462 e. The summed E-state index contributed by atoms with van der Waals surface area (Å²) in [5.74, 6) is -0.886. The van der Waals surface area contributed by atoms with Crippen LogP contribution in [-0.2, 0) is 28.6 Å². The summed E-state index contributed by atoms with van der Waals surface area (Å²) in [6.45, 7) is 6.54. The van der Waals surface area contributed by atoms with Crippen molar-refractivity contribution in [3.63, 3.8) is 0 Å². The molecule has 0 amide bonds. The molecule has 83 heavy (non-hydrogen) atoms.